The van der Waals surface area contributed by atoms with E-state index in [4.69, 9.17) is 4.74 Å². The fourth-order valence-electron chi connectivity index (χ4n) is 4.03. The highest BCUT2D eigenvalue weighted by Crippen LogP contribution is 2.40. The predicted octanol–water partition coefficient (Wildman–Crippen LogP) is 4.24. The van der Waals surface area contributed by atoms with E-state index in [1.807, 2.05) is 57.1 Å². The van der Waals surface area contributed by atoms with E-state index in [0.717, 1.165) is 29.7 Å². The first-order valence-electron chi connectivity index (χ1n) is 11.1. The Balaban J connectivity index is 2.06. The minimum absolute atomic E-state index is 0.118. The number of carbonyl (C=O) groups is 2. The number of aryl methyl sites for hydroxylation is 2. The molecule has 3 rings (SSSR count). The smallest absolute Gasteiger partial charge is 0.295 e. The molecule has 2 aromatic rings. The number of ether oxygens (including phenoxy) is 1. The standard InChI is InChI=1S/C27H32N2O4/c1-6-16-33-22-13-12-21(17-19(22)3)25(30)23-24(20-10-8-18(2)9-11-20)29(27(32)26(23)31)15-7-14-28(4)5/h6,8-13,17,24,30H,1,7,14-16H2,2-5H3/b25-23-. The summed E-state index contributed by atoms with van der Waals surface area (Å²) in [5.41, 5.74) is 3.28. The lowest BCUT2D eigenvalue weighted by Crippen LogP contribution is -2.32. The molecule has 1 N–H and O–H groups in total. The molecule has 1 amide bonds. The molecule has 1 fully saturated rings. The Bertz CT molecular complexity index is 1070. The number of hydrogen-bond donors (Lipinski definition) is 1. The van der Waals surface area contributed by atoms with Crippen molar-refractivity contribution in [1.82, 2.24) is 9.80 Å². The molecular formula is C27H32N2O4. The molecule has 1 atom stereocenters. The van der Waals surface area contributed by atoms with Gasteiger partial charge >= 0.3 is 0 Å². The van der Waals surface area contributed by atoms with Crippen molar-refractivity contribution in [2.24, 2.45) is 0 Å². The van der Waals surface area contributed by atoms with E-state index in [2.05, 4.69) is 6.58 Å². The maximum absolute atomic E-state index is 13.1. The van der Waals surface area contributed by atoms with Crippen molar-refractivity contribution in [3.05, 3.63) is 82.9 Å². The summed E-state index contributed by atoms with van der Waals surface area (Å²) in [6.07, 6.45) is 2.38. The van der Waals surface area contributed by atoms with Gasteiger partial charge in [-0.25, -0.2) is 0 Å². The number of nitrogens with zero attached hydrogens (tertiary/aromatic N) is 2. The second-order valence-corrected chi connectivity index (χ2v) is 8.64. The number of likely N-dealkylation sites (tertiary alicyclic amines) is 1. The second-order valence-electron chi connectivity index (χ2n) is 8.64. The van der Waals surface area contributed by atoms with Crippen LogP contribution in [0.3, 0.4) is 0 Å². The number of carbonyl (C=O) groups excluding carboxylic acids is 2. The van der Waals surface area contributed by atoms with E-state index >= 15 is 0 Å². The first-order chi connectivity index (χ1) is 15.7. The second kappa shape index (κ2) is 10.5. The Hall–Kier alpha value is -3.38. The van der Waals surface area contributed by atoms with Crippen LogP contribution in [-0.2, 0) is 9.59 Å². The SMILES string of the molecule is C=CCOc1ccc(/C(O)=C2/C(=O)C(=O)N(CCCN(C)C)C2c2ccc(C)cc2)cc1C. The zero-order valence-electron chi connectivity index (χ0n) is 19.8. The summed E-state index contributed by atoms with van der Waals surface area (Å²) in [5.74, 6) is -0.741. The minimum atomic E-state index is -0.660. The molecule has 0 saturated carbocycles. The van der Waals surface area contributed by atoms with E-state index < -0.39 is 17.7 Å². The summed E-state index contributed by atoms with van der Waals surface area (Å²) in [6.45, 7) is 9.08. The molecule has 0 radical (unpaired) electrons. The van der Waals surface area contributed by atoms with Gasteiger partial charge in [0.1, 0.15) is 18.1 Å². The topological polar surface area (TPSA) is 70.1 Å². The maximum Gasteiger partial charge on any atom is 0.295 e. The first-order valence-corrected chi connectivity index (χ1v) is 11.1. The molecule has 2 aromatic carbocycles. The van der Waals surface area contributed by atoms with Crippen molar-refractivity contribution in [2.45, 2.75) is 26.3 Å². The van der Waals surface area contributed by atoms with Crippen LogP contribution < -0.4 is 4.74 Å². The molecule has 1 aliphatic rings. The molecule has 33 heavy (non-hydrogen) atoms. The fourth-order valence-corrected chi connectivity index (χ4v) is 4.03. The van der Waals surface area contributed by atoms with Crippen molar-refractivity contribution >= 4 is 17.4 Å². The van der Waals surface area contributed by atoms with Gasteiger partial charge in [0.15, 0.2) is 0 Å². The number of aliphatic hydroxyl groups excluding tert-OH is 1. The average Bonchev–Trinajstić information content (AvgIpc) is 3.03. The van der Waals surface area contributed by atoms with Gasteiger partial charge in [0.05, 0.1) is 11.6 Å². The average molecular weight is 449 g/mol. The van der Waals surface area contributed by atoms with Crippen molar-refractivity contribution in [2.75, 3.05) is 33.8 Å². The monoisotopic (exact) mass is 448 g/mol. The normalized spacial score (nSPS) is 17.6. The number of aliphatic hydroxyl groups is 1. The number of rotatable bonds is 9. The summed E-state index contributed by atoms with van der Waals surface area (Å²) in [5, 5.41) is 11.2. The van der Waals surface area contributed by atoms with Gasteiger partial charge in [-0.05, 0) is 70.2 Å². The molecule has 6 nitrogen and oxygen atoms in total. The van der Waals surface area contributed by atoms with Crippen LogP contribution in [0.25, 0.3) is 5.76 Å². The fraction of sp³-hybridized carbons (Fsp3) is 0.333. The quantitative estimate of drug-likeness (QED) is 0.269. The van der Waals surface area contributed by atoms with Crippen molar-refractivity contribution in [3.63, 3.8) is 0 Å². The predicted molar refractivity (Wildman–Crippen MR) is 130 cm³/mol. The van der Waals surface area contributed by atoms with Gasteiger partial charge in [-0.3, -0.25) is 9.59 Å². The van der Waals surface area contributed by atoms with Crippen LogP contribution in [0.5, 0.6) is 5.75 Å². The number of Topliss-reactive ketones (excluding diaryl/α,β-unsaturated/α-hetero) is 1. The van der Waals surface area contributed by atoms with Gasteiger partial charge in [-0.1, -0.05) is 42.5 Å². The van der Waals surface area contributed by atoms with Gasteiger partial charge in [0.2, 0.25) is 0 Å². The summed E-state index contributed by atoms with van der Waals surface area (Å²) in [4.78, 5) is 29.7. The third kappa shape index (κ3) is 5.34. The third-order valence-corrected chi connectivity index (χ3v) is 5.74. The Kier molecular flexibility index (Phi) is 7.71. The van der Waals surface area contributed by atoms with E-state index in [0.29, 0.717) is 24.5 Å². The van der Waals surface area contributed by atoms with E-state index in [-0.39, 0.29) is 11.3 Å². The van der Waals surface area contributed by atoms with Crippen molar-refractivity contribution in [1.29, 1.82) is 0 Å². The van der Waals surface area contributed by atoms with Gasteiger partial charge in [-0.2, -0.15) is 0 Å². The van der Waals surface area contributed by atoms with Crippen LogP contribution in [0, 0.1) is 13.8 Å². The molecule has 1 heterocycles. The highest BCUT2D eigenvalue weighted by atomic mass is 16.5. The van der Waals surface area contributed by atoms with Crippen LogP contribution in [0.2, 0.25) is 0 Å². The molecule has 1 saturated heterocycles. The lowest BCUT2D eigenvalue weighted by Gasteiger charge is -2.26. The van der Waals surface area contributed by atoms with E-state index in [1.165, 1.54) is 0 Å². The lowest BCUT2D eigenvalue weighted by molar-refractivity contribution is -0.139. The first kappa shape index (κ1) is 24.3. The third-order valence-electron chi connectivity index (χ3n) is 5.74. The van der Waals surface area contributed by atoms with Crippen LogP contribution in [0.15, 0.2) is 60.7 Å². The Morgan fingerprint density at radius 1 is 1.15 bits per heavy atom. The summed E-state index contributed by atoms with van der Waals surface area (Å²) in [6, 6.07) is 12.3. The maximum atomic E-state index is 13.1. The number of amides is 1. The molecule has 1 aliphatic heterocycles. The zero-order valence-corrected chi connectivity index (χ0v) is 19.8. The number of hydrogen-bond acceptors (Lipinski definition) is 5. The molecule has 0 bridgehead atoms. The highest BCUT2D eigenvalue weighted by molar-refractivity contribution is 6.46. The molecule has 0 spiro atoms. The zero-order chi connectivity index (χ0) is 24.1. The summed E-state index contributed by atoms with van der Waals surface area (Å²) < 4.78 is 5.62. The molecule has 6 heteroatoms. The Labute approximate surface area is 195 Å². The van der Waals surface area contributed by atoms with Gasteiger partial charge in [0, 0.05) is 12.1 Å². The number of benzene rings is 2. The van der Waals surface area contributed by atoms with Gasteiger partial charge < -0.3 is 19.6 Å². The molecule has 0 aliphatic carbocycles. The van der Waals surface area contributed by atoms with Crippen molar-refractivity contribution < 1.29 is 19.4 Å². The molecule has 0 aromatic heterocycles. The minimum Gasteiger partial charge on any atom is -0.507 e. The Morgan fingerprint density at radius 3 is 2.45 bits per heavy atom. The molecule has 174 valence electrons. The van der Waals surface area contributed by atoms with Crippen LogP contribution in [-0.4, -0.2) is 60.4 Å². The van der Waals surface area contributed by atoms with Gasteiger partial charge in [0.25, 0.3) is 11.7 Å². The lowest BCUT2D eigenvalue weighted by atomic mass is 9.94. The van der Waals surface area contributed by atoms with Crippen LogP contribution in [0.1, 0.15) is 34.7 Å². The highest BCUT2D eigenvalue weighted by Gasteiger charge is 2.45. The summed E-state index contributed by atoms with van der Waals surface area (Å²) >= 11 is 0. The molecule has 1 unspecified atom stereocenters. The number of ketones is 1. The summed E-state index contributed by atoms with van der Waals surface area (Å²) in [7, 11) is 3.94. The van der Waals surface area contributed by atoms with E-state index in [9.17, 15) is 14.7 Å². The molecular weight excluding hydrogens is 416 g/mol. The van der Waals surface area contributed by atoms with E-state index in [1.54, 1.807) is 29.2 Å². The Morgan fingerprint density at radius 2 is 1.85 bits per heavy atom. The largest absolute Gasteiger partial charge is 0.507 e. The van der Waals surface area contributed by atoms with Gasteiger partial charge in [-0.15, -0.1) is 0 Å². The van der Waals surface area contributed by atoms with Crippen LogP contribution in [0.4, 0.5) is 0 Å². The van der Waals surface area contributed by atoms with Crippen molar-refractivity contribution in [3.8, 4) is 5.75 Å². The van der Waals surface area contributed by atoms with Crippen LogP contribution >= 0.6 is 0 Å².